The fraction of sp³-hybridized carbons (Fsp3) is 0.174. The predicted molar refractivity (Wildman–Crippen MR) is 110 cm³/mol. The summed E-state index contributed by atoms with van der Waals surface area (Å²) in [4.78, 5) is 28.8. The molecule has 2 N–H and O–H groups in total. The maximum Gasteiger partial charge on any atom is 0.257 e. The van der Waals surface area contributed by atoms with Crippen LogP contribution in [0.15, 0.2) is 73.1 Å². The number of nitrogens with one attached hydrogen (secondary N) is 2. The highest BCUT2D eigenvalue weighted by Crippen LogP contribution is 2.16. The second kappa shape index (κ2) is 8.95. The van der Waals surface area contributed by atoms with Crippen LogP contribution in [-0.4, -0.2) is 16.8 Å². The van der Waals surface area contributed by atoms with Gasteiger partial charge in [0.25, 0.3) is 11.8 Å². The first-order chi connectivity index (χ1) is 13.6. The van der Waals surface area contributed by atoms with Crippen LogP contribution in [0.4, 0.5) is 5.69 Å². The minimum absolute atomic E-state index is 0.118. The summed E-state index contributed by atoms with van der Waals surface area (Å²) >= 11 is 0. The normalized spacial score (nSPS) is 11.5. The molecule has 5 nitrogen and oxygen atoms in total. The van der Waals surface area contributed by atoms with Crippen molar-refractivity contribution in [1.29, 1.82) is 0 Å². The molecule has 2 aromatic carbocycles. The zero-order valence-electron chi connectivity index (χ0n) is 16.0. The number of rotatable bonds is 6. The Bertz CT molecular complexity index is 953. The van der Waals surface area contributed by atoms with E-state index in [4.69, 9.17) is 0 Å². The lowest BCUT2D eigenvalue weighted by molar-refractivity contribution is 0.0938. The number of hydrogen-bond donors (Lipinski definition) is 2. The van der Waals surface area contributed by atoms with Gasteiger partial charge in [-0.1, -0.05) is 37.3 Å². The Morgan fingerprint density at radius 3 is 2.39 bits per heavy atom. The lowest BCUT2D eigenvalue weighted by atomic mass is 10.0. The molecule has 0 saturated heterocycles. The summed E-state index contributed by atoms with van der Waals surface area (Å²) in [6.45, 7) is 4.06. The van der Waals surface area contributed by atoms with E-state index < -0.39 is 0 Å². The van der Waals surface area contributed by atoms with Crippen molar-refractivity contribution in [3.05, 3.63) is 95.3 Å². The number of carbonyl (C=O) groups excluding carboxylic acids is 2. The van der Waals surface area contributed by atoms with Gasteiger partial charge in [0.15, 0.2) is 0 Å². The van der Waals surface area contributed by atoms with E-state index in [-0.39, 0.29) is 17.9 Å². The second-order valence-electron chi connectivity index (χ2n) is 6.57. The fourth-order valence-electron chi connectivity index (χ4n) is 2.84. The molecule has 0 fully saturated rings. The summed E-state index contributed by atoms with van der Waals surface area (Å²) in [5.74, 6) is -0.459. The van der Waals surface area contributed by atoms with Gasteiger partial charge in [0, 0.05) is 23.6 Å². The lowest BCUT2D eigenvalue weighted by Crippen LogP contribution is -2.26. The first-order valence-corrected chi connectivity index (χ1v) is 9.28. The van der Waals surface area contributed by atoms with Gasteiger partial charge in [0.1, 0.15) is 0 Å². The van der Waals surface area contributed by atoms with Gasteiger partial charge in [-0.05, 0) is 54.8 Å². The highest BCUT2D eigenvalue weighted by atomic mass is 16.2. The number of anilines is 1. The summed E-state index contributed by atoms with van der Waals surface area (Å²) in [5, 5.41) is 5.79. The summed E-state index contributed by atoms with van der Waals surface area (Å²) in [7, 11) is 0. The summed E-state index contributed by atoms with van der Waals surface area (Å²) in [6, 6.07) is 18.4. The predicted octanol–water partition coefficient (Wildman–Crippen LogP) is 4.39. The number of carbonyl (C=O) groups is 2. The van der Waals surface area contributed by atoms with E-state index in [0.717, 1.165) is 12.0 Å². The van der Waals surface area contributed by atoms with E-state index in [1.54, 1.807) is 42.6 Å². The average molecular weight is 373 g/mol. The molecule has 3 rings (SSSR count). The highest BCUT2D eigenvalue weighted by Gasteiger charge is 2.13. The van der Waals surface area contributed by atoms with Crippen molar-refractivity contribution in [3.63, 3.8) is 0 Å². The molecule has 2 amide bonds. The molecular formula is C23H23N3O2. The molecule has 5 heteroatoms. The maximum absolute atomic E-state index is 12.6. The van der Waals surface area contributed by atoms with Crippen molar-refractivity contribution in [2.75, 3.05) is 5.32 Å². The molecule has 0 unspecified atom stereocenters. The first-order valence-electron chi connectivity index (χ1n) is 9.28. The Hall–Kier alpha value is -3.47. The van der Waals surface area contributed by atoms with E-state index in [1.165, 1.54) is 11.8 Å². The van der Waals surface area contributed by atoms with Crippen molar-refractivity contribution in [1.82, 2.24) is 10.3 Å². The van der Waals surface area contributed by atoms with Crippen molar-refractivity contribution < 1.29 is 9.59 Å². The van der Waals surface area contributed by atoms with Crippen LogP contribution in [-0.2, 0) is 6.42 Å². The largest absolute Gasteiger partial charge is 0.346 e. The quantitative estimate of drug-likeness (QED) is 0.673. The molecule has 1 aromatic heterocycles. The van der Waals surface area contributed by atoms with Gasteiger partial charge in [-0.25, -0.2) is 0 Å². The highest BCUT2D eigenvalue weighted by molar-refractivity contribution is 6.04. The molecule has 0 saturated carbocycles. The van der Waals surface area contributed by atoms with E-state index in [1.807, 2.05) is 19.1 Å². The Balaban J connectivity index is 1.67. The Kier molecular flexibility index (Phi) is 6.17. The molecule has 0 bridgehead atoms. The van der Waals surface area contributed by atoms with Gasteiger partial charge in [0.2, 0.25) is 0 Å². The standard InChI is InChI=1S/C23H23N3O2/c1-3-17-9-11-18(12-10-17)16(2)25-22(27)19-6-4-8-21(14-19)26-23(28)20-7-5-13-24-15-20/h4-16H,3H2,1-2H3,(H,25,27)(H,26,28)/t16-/m0/s1. The number of nitrogens with zero attached hydrogens (tertiary/aromatic N) is 1. The maximum atomic E-state index is 12.6. The zero-order chi connectivity index (χ0) is 19.9. The van der Waals surface area contributed by atoms with Crippen LogP contribution in [0.5, 0.6) is 0 Å². The molecule has 3 aromatic rings. The van der Waals surface area contributed by atoms with Crippen molar-refractivity contribution >= 4 is 17.5 Å². The average Bonchev–Trinajstić information content (AvgIpc) is 2.74. The van der Waals surface area contributed by atoms with Crippen LogP contribution in [0.25, 0.3) is 0 Å². The smallest absolute Gasteiger partial charge is 0.257 e. The van der Waals surface area contributed by atoms with Crippen molar-refractivity contribution in [2.24, 2.45) is 0 Å². The van der Waals surface area contributed by atoms with Gasteiger partial charge in [0.05, 0.1) is 11.6 Å². The van der Waals surface area contributed by atoms with Crippen LogP contribution < -0.4 is 10.6 Å². The van der Waals surface area contributed by atoms with Gasteiger partial charge >= 0.3 is 0 Å². The zero-order valence-corrected chi connectivity index (χ0v) is 16.0. The molecular weight excluding hydrogens is 350 g/mol. The number of benzene rings is 2. The molecule has 142 valence electrons. The van der Waals surface area contributed by atoms with Gasteiger partial charge in [-0.15, -0.1) is 0 Å². The van der Waals surface area contributed by atoms with E-state index in [2.05, 4.69) is 34.7 Å². The van der Waals surface area contributed by atoms with Crippen LogP contribution >= 0.6 is 0 Å². The van der Waals surface area contributed by atoms with Crippen molar-refractivity contribution in [2.45, 2.75) is 26.3 Å². The number of amides is 2. The summed E-state index contributed by atoms with van der Waals surface area (Å²) in [6.07, 6.45) is 4.09. The van der Waals surface area contributed by atoms with Crippen molar-refractivity contribution in [3.8, 4) is 0 Å². The molecule has 1 heterocycles. The molecule has 28 heavy (non-hydrogen) atoms. The molecule has 0 radical (unpaired) electrons. The van der Waals surface area contributed by atoms with E-state index >= 15 is 0 Å². The van der Waals surface area contributed by atoms with Crippen LogP contribution in [0.3, 0.4) is 0 Å². The monoisotopic (exact) mass is 373 g/mol. The third kappa shape index (κ3) is 4.82. The second-order valence-corrected chi connectivity index (χ2v) is 6.57. The summed E-state index contributed by atoms with van der Waals surface area (Å²) < 4.78 is 0. The lowest BCUT2D eigenvalue weighted by Gasteiger charge is -2.15. The minimum atomic E-state index is -0.268. The van der Waals surface area contributed by atoms with Gasteiger partial charge < -0.3 is 10.6 Å². The van der Waals surface area contributed by atoms with Crippen LogP contribution in [0.1, 0.15) is 51.7 Å². The first kappa shape index (κ1) is 19.3. The van der Waals surface area contributed by atoms with Crippen LogP contribution in [0.2, 0.25) is 0 Å². The molecule has 1 atom stereocenters. The molecule has 0 aliphatic rings. The summed E-state index contributed by atoms with van der Waals surface area (Å²) in [5.41, 5.74) is 3.81. The molecule has 0 aliphatic carbocycles. The van der Waals surface area contributed by atoms with Crippen LogP contribution in [0, 0.1) is 0 Å². The number of hydrogen-bond acceptors (Lipinski definition) is 3. The van der Waals surface area contributed by atoms with E-state index in [0.29, 0.717) is 16.8 Å². The topological polar surface area (TPSA) is 71.1 Å². The molecule has 0 spiro atoms. The number of pyridine rings is 1. The van der Waals surface area contributed by atoms with E-state index in [9.17, 15) is 9.59 Å². The number of aryl methyl sites for hydroxylation is 1. The third-order valence-electron chi connectivity index (χ3n) is 4.54. The Morgan fingerprint density at radius 1 is 0.964 bits per heavy atom. The van der Waals surface area contributed by atoms with Gasteiger partial charge in [-0.2, -0.15) is 0 Å². The SMILES string of the molecule is CCc1ccc([C@H](C)NC(=O)c2cccc(NC(=O)c3cccnc3)c2)cc1. The Morgan fingerprint density at radius 2 is 1.71 bits per heavy atom. The Labute approximate surface area is 164 Å². The molecule has 0 aliphatic heterocycles. The minimum Gasteiger partial charge on any atom is -0.346 e. The third-order valence-corrected chi connectivity index (χ3v) is 4.54. The number of aromatic nitrogens is 1. The van der Waals surface area contributed by atoms with Gasteiger partial charge in [-0.3, -0.25) is 14.6 Å². The fourth-order valence-corrected chi connectivity index (χ4v) is 2.84.